The summed E-state index contributed by atoms with van der Waals surface area (Å²) < 4.78 is 24.3. The van der Waals surface area contributed by atoms with E-state index in [0.29, 0.717) is 30.4 Å². The third-order valence-electron chi connectivity index (χ3n) is 5.19. The monoisotopic (exact) mass is 408 g/mol. The fourth-order valence-electron chi connectivity index (χ4n) is 3.71. The van der Waals surface area contributed by atoms with Gasteiger partial charge in [-0.1, -0.05) is 18.1 Å². The standard InChI is InChI=1S/C23H21FN2O4/c1-2-9-25(14-16-3-5-18(24)6-4-16)23(28)17-12-22(27)26(15-17)19-7-8-20-21(13-19)30-11-10-29-20/h1,3-8,13,17H,9-12,14-15H2. The first-order valence-electron chi connectivity index (χ1n) is 9.72. The van der Waals surface area contributed by atoms with E-state index in [0.717, 1.165) is 5.56 Å². The maximum atomic E-state index is 13.2. The quantitative estimate of drug-likeness (QED) is 0.714. The number of hydrogen-bond donors (Lipinski definition) is 0. The Morgan fingerprint density at radius 1 is 1.17 bits per heavy atom. The van der Waals surface area contributed by atoms with Gasteiger partial charge in [-0.3, -0.25) is 9.59 Å². The number of hydrogen-bond acceptors (Lipinski definition) is 4. The lowest BCUT2D eigenvalue weighted by Gasteiger charge is -2.24. The molecule has 6 nitrogen and oxygen atoms in total. The van der Waals surface area contributed by atoms with Crippen LogP contribution < -0.4 is 14.4 Å². The van der Waals surface area contributed by atoms with Crippen LogP contribution in [0.1, 0.15) is 12.0 Å². The summed E-state index contributed by atoms with van der Waals surface area (Å²) in [5.74, 6) is 2.56. The number of nitrogens with zero attached hydrogens (tertiary/aromatic N) is 2. The van der Waals surface area contributed by atoms with E-state index in [4.69, 9.17) is 15.9 Å². The highest BCUT2D eigenvalue weighted by Crippen LogP contribution is 2.36. The van der Waals surface area contributed by atoms with Gasteiger partial charge in [0.25, 0.3) is 0 Å². The van der Waals surface area contributed by atoms with Gasteiger partial charge in [0.05, 0.1) is 12.5 Å². The molecule has 154 valence electrons. The Labute approximate surface area is 174 Å². The molecule has 1 atom stereocenters. The number of terminal acetylenes is 1. The van der Waals surface area contributed by atoms with Crippen molar-refractivity contribution in [2.45, 2.75) is 13.0 Å². The van der Waals surface area contributed by atoms with Crippen molar-refractivity contribution in [2.24, 2.45) is 5.92 Å². The van der Waals surface area contributed by atoms with Gasteiger partial charge in [-0.05, 0) is 29.8 Å². The second-order valence-corrected chi connectivity index (χ2v) is 7.26. The van der Waals surface area contributed by atoms with E-state index in [2.05, 4.69) is 5.92 Å². The molecular formula is C23H21FN2O4. The number of benzene rings is 2. The van der Waals surface area contributed by atoms with E-state index in [1.807, 2.05) is 0 Å². The third kappa shape index (κ3) is 4.08. The van der Waals surface area contributed by atoms with Crippen molar-refractivity contribution >= 4 is 17.5 Å². The first-order valence-corrected chi connectivity index (χ1v) is 9.72. The van der Waals surface area contributed by atoms with Crippen LogP contribution in [0, 0.1) is 24.1 Å². The second-order valence-electron chi connectivity index (χ2n) is 7.26. The minimum atomic E-state index is -0.500. The van der Waals surface area contributed by atoms with E-state index in [-0.39, 0.29) is 43.7 Å². The van der Waals surface area contributed by atoms with Gasteiger partial charge in [0, 0.05) is 31.3 Å². The molecule has 1 saturated heterocycles. The molecule has 30 heavy (non-hydrogen) atoms. The van der Waals surface area contributed by atoms with E-state index in [9.17, 15) is 14.0 Å². The summed E-state index contributed by atoms with van der Waals surface area (Å²) in [7, 11) is 0. The average molecular weight is 408 g/mol. The molecule has 0 aliphatic carbocycles. The van der Waals surface area contributed by atoms with Gasteiger partial charge in [0.15, 0.2) is 11.5 Å². The zero-order chi connectivity index (χ0) is 21.1. The zero-order valence-electron chi connectivity index (χ0n) is 16.3. The number of rotatable bonds is 5. The molecule has 0 saturated carbocycles. The number of fused-ring (bicyclic) bond motifs is 1. The topological polar surface area (TPSA) is 59.1 Å². The first-order chi connectivity index (χ1) is 14.5. The highest BCUT2D eigenvalue weighted by atomic mass is 19.1. The fourth-order valence-corrected chi connectivity index (χ4v) is 3.71. The molecule has 1 fully saturated rings. The molecule has 2 aliphatic rings. The van der Waals surface area contributed by atoms with Gasteiger partial charge >= 0.3 is 0 Å². The Kier molecular flexibility index (Phi) is 5.57. The van der Waals surface area contributed by atoms with Gasteiger partial charge in [-0.15, -0.1) is 6.42 Å². The minimum absolute atomic E-state index is 0.109. The number of amides is 2. The minimum Gasteiger partial charge on any atom is -0.486 e. The van der Waals surface area contributed by atoms with Gasteiger partial charge in [0.1, 0.15) is 19.0 Å². The van der Waals surface area contributed by atoms with Crippen molar-refractivity contribution in [3.8, 4) is 23.8 Å². The van der Waals surface area contributed by atoms with Crippen LogP contribution in [0.4, 0.5) is 10.1 Å². The van der Waals surface area contributed by atoms with Crippen LogP contribution in [0.3, 0.4) is 0 Å². The molecule has 2 aromatic carbocycles. The van der Waals surface area contributed by atoms with Crippen LogP contribution in [-0.2, 0) is 16.1 Å². The molecule has 4 rings (SSSR count). The Hall–Kier alpha value is -3.53. The number of halogens is 1. The smallest absolute Gasteiger partial charge is 0.229 e. The molecule has 1 unspecified atom stereocenters. The Bertz CT molecular complexity index is 999. The van der Waals surface area contributed by atoms with Gasteiger partial charge in [0.2, 0.25) is 11.8 Å². The summed E-state index contributed by atoms with van der Waals surface area (Å²) in [6.45, 7) is 1.59. The Morgan fingerprint density at radius 2 is 1.90 bits per heavy atom. The third-order valence-corrected chi connectivity index (χ3v) is 5.19. The summed E-state index contributed by atoms with van der Waals surface area (Å²) in [5, 5.41) is 0. The van der Waals surface area contributed by atoms with Gasteiger partial charge in [-0.25, -0.2) is 4.39 Å². The van der Waals surface area contributed by atoms with Gasteiger partial charge < -0.3 is 19.3 Å². The number of anilines is 1. The fraction of sp³-hybridized carbons (Fsp3) is 0.304. The predicted octanol–water partition coefficient (Wildman–Crippen LogP) is 2.61. The maximum absolute atomic E-state index is 13.2. The van der Waals surface area contributed by atoms with Crippen LogP contribution >= 0.6 is 0 Å². The lowest BCUT2D eigenvalue weighted by atomic mass is 10.1. The molecule has 2 heterocycles. The molecule has 0 spiro atoms. The summed E-state index contributed by atoms with van der Waals surface area (Å²) >= 11 is 0. The van der Waals surface area contributed by atoms with E-state index >= 15 is 0 Å². The van der Waals surface area contributed by atoms with E-state index in [1.54, 1.807) is 35.2 Å². The number of carbonyl (C=O) groups excluding carboxylic acids is 2. The molecule has 0 radical (unpaired) electrons. The summed E-state index contributed by atoms with van der Waals surface area (Å²) in [4.78, 5) is 28.8. The Morgan fingerprint density at radius 3 is 2.63 bits per heavy atom. The largest absolute Gasteiger partial charge is 0.486 e. The predicted molar refractivity (Wildman–Crippen MR) is 109 cm³/mol. The van der Waals surface area contributed by atoms with Crippen molar-refractivity contribution in [3.05, 3.63) is 53.8 Å². The highest BCUT2D eigenvalue weighted by molar-refractivity contribution is 6.00. The Balaban J connectivity index is 1.48. The van der Waals surface area contributed by atoms with Crippen molar-refractivity contribution in [3.63, 3.8) is 0 Å². The van der Waals surface area contributed by atoms with Crippen molar-refractivity contribution in [1.82, 2.24) is 4.90 Å². The normalized spacial score (nSPS) is 17.5. The molecule has 2 aliphatic heterocycles. The number of carbonyl (C=O) groups is 2. The van der Waals surface area contributed by atoms with Crippen LogP contribution in [0.25, 0.3) is 0 Å². The van der Waals surface area contributed by atoms with Crippen LogP contribution in [-0.4, -0.2) is 43.0 Å². The molecular weight excluding hydrogens is 387 g/mol. The van der Waals surface area contributed by atoms with Crippen molar-refractivity contribution in [2.75, 3.05) is 31.2 Å². The first kappa shape index (κ1) is 19.8. The summed E-state index contributed by atoms with van der Waals surface area (Å²) in [5.41, 5.74) is 1.44. The molecule has 0 aromatic heterocycles. The lowest BCUT2D eigenvalue weighted by Crippen LogP contribution is -2.37. The molecule has 2 aromatic rings. The van der Waals surface area contributed by atoms with E-state index < -0.39 is 5.92 Å². The van der Waals surface area contributed by atoms with Crippen LogP contribution in [0.2, 0.25) is 0 Å². The molecule has 7 heteroatoms. The highest BCUT2D eigenvalue weighted by Gasteiger charge is 2.37. The van der Waals surface area contributed by atoms with Crippen molar-refractivity contribution < 1.29 is 23.5 Å². The zero-order valence-corrected chi connectivity index (χ0v) is 16.3. The molecule has 0 N–H and O–H groups in total. The van der Waals surface area contributed by atoms with Crippen molar-refractivity contribution in [1.29, 1.82) is 0 Å². The van der Waals surface area contributed by atoms with Gasteiger partial charge in [-0.2, -0.15) is 0 Å². The molecule has 0 bridgehead atoms. The molecule has 2 amide bonds. The second kappa shape index (κ2) is 8.46. The average Bonchev–Trinajstić information content (AvgIpc) is 3.15. The summed E-state index contributed by atoms with van der Waals surface area (Å²) in [6, 6.07) is 11.2. The van der Waals surface area contributed by atoms with E-state index in [1.165, 1.54) is 17.0 Å². The summed E-state index contributed by atoms with van der Waals surface area (Å²) in [6.07, 6.45) is 5.56. The lowest BCUT2D eigenvalue weighted by molar-refractivity contribution is -0.135. The van der Waals surface area contributed by atoms with Crippen LogP contribution in [0.15, 0.2) is 42.5 Å². The maximum Gasteiger partial charge on any atom is 0.229 e. The number of ether oxygens (including phenoxy) is 2. The SMILES string of the molecule is C#CCN(Cc1ccc(F)cc1)C(=O)C1CC(=O)N(c2ccc3c(c2)OCCO3)C1. The van der Waals surface area contributed by atoms with Crippen LogP contribution in [0.5, 0.6) is 11.5 Å².